The van der Waals surface area contributed by atoms with Gasteiger partial charge in [0.25, 0.3) is 0 Å². The Kier molecular flexibility index (Phi) is 4.96. The van der Waals surface area contributed by atoms with Crippen molar-refractivity contribution in [1.29, 1.82) is 0 Å². The fourth-order valence-corrected chi connectivity index (χ4v) is 2.37. The van der Waals surface area contributed by atoms with Gasteiger partial charge >= 0.3 is 0 Å². The molecule has 0 radical (unpaired) electrons. The Morgan fingerprint density at radius 3 is 2.59 bits per heavy atom. The van der Waals surface area contributed by atoms with Crippen LogP contribution in [0.3, 0.4) is 0 Å². The highest BCUT2D eigenvalue weighted by Crippen LogP contribution is 2.34. The maximum absolute atomic E-state index is 11.1. The molecule has 0 heterocycles. The molecular weight excluding hydrogens is 254 g/mol. The SMILES string of the molecule is COc1cc(C)cc(C=O)c1SC(=S)N(C)C. The average Bonchev–Trinajstić information content (AvgIpc) is 2.30. The zero-order valence-electron chi connectivity index (χ0n) is 10.3. The lowest BCUT2D eigenvalue weighted by molar-refractivity contribution is 0.112. The lowest BCUT2D eigenvalue weighted by atomic mass is 10.1. The van der Waals surface area contributed by atoms with Crippen LogP contribution < -0.4 is 4.74 Å². The van der Waals surface area contributed by atoms with Crippen molar-refractivity contribution in [2.24, 2.45) is 0 Å². The minimum absolute atomic E-state index is 0.607. The zero-order valence-corrected chi connectivity index (χ0v) is 11.9. The van der Waals surface area contributed by atoms with Crippen molar-refractivity contribution in [3.8, 4) is 5.75 Å². The molecule has 0 aliphatic carbocycles. The van der Waals surface area contributed by atoms with E-state index < -0.39 is 0 Å². The van der Waals surface area contributed by atoms with Crippen molar-refractivity contribution in [2.45, 2.75) is 11.8 Å². The van der Waals surface area contributed by atoms with Gasteiger partial charge in [-0.15, -0.1) is 0 Å². The Labute approximate surface area is 111 Å². The standard InChI is InChI=1S/C12H15NO2S2/c1-8-5-9(7-14)11(10(6-8)15-4)17-12(16)13(2)3/h5-7H,1-4H3. The summed E-state index contributed by atoms with van der Waals surface area (Å²) < 4.78 is 5.98. The van der Waals surface area contributed by atoms with Gasteiger partial charge in [0, 0.05) is 19.7 Å². The molecule has 0 spiro atoms. The van der Waals surface area contributed by atoms with Crippen LogP contribution in [0.5, 0.6) is 5.75 Å². The van der Waals surface area contributed by atoms with Crippen LogP contribution in [0.25, 0.3) is 0 Å². The van der Waals surface area contributed by atoms with Gasteiger partial charge < -0.3 is 9.64 Å². The average molecular weight is 269 g/mol. The molecule has 3 nitrogen and oxygen atoms in total. The van der Waals surface area contributed by atoms with Gasteiger partial charge in [-0.25, -0.2) is 0 Å². The van der Waals surface area contributed by atoms with E-state index in [1.165, 1.54) is 11.8 Å². The number of thiocarbonyl (C=S) groups is 1. The second-order valence-corrected chi connectivity index (χ2v) is 5.41. The second-order valence-electron chi connectivity index (χ2n) is 3.77. The quantitative estimate of drug-likeness (QED) is 0.478. The van der Waals surface area contributed by atoms with E-state index in [9.17, 15) is 4.79 Å². The molecule has 0 fully saturated rings. The second kappa shape index (κ2) is 6.02. The van der Waals surface area contributed by atoms with Gasteiger partial charge in [0.1, 0.15) is 10.1 Å². The first-order valence-electron chi connectivity index (χ1n) is 5.02. The first-order chi connectivity index (χ1) is 7.99. The molecule has 0 aromatic heterocycles. The lowest BCUT2D eigenvalue weighted by Crippen LogP contribution is -2.16. The summed E-state index contributed by atoms with van der Waals surface area (Å²) in [5.74, 6) is 0.682. The van der Waals surface area contributed by atoms with Gasteiger partial charge in [-0.1, -0.05) is 24.0 Å². The maximum atomic E-state index is 11.1. The minimum atomic E-state index is 0.607. The van der Waals surface area contributed by atoms with Crippen LogP contribution in [-0.4, -0.2) is 36.7 Å². The van der Waals surface area contributed by atoms with Crippen LogP contribution in [0.4, 0.5) is 0 Å². The minimum Gasteiger partial charge on any atom is -0.496 e. The number of carbonyl (C=O) groups excluding carboxylic acids is 1. The van der Waals surface area contributed by atoms with Crippen molar-refractivity contribution >= 4 is 34.6 Å². The largest absolute Gasteiger partial charge is 0.496 e. The Hall–Kier alpha value is -1.07. The number of hydrogen-bond donors (Lipinski definition) is 0. The highest BCUT2D eigenvalue weighted by atomic mass is 32.2. The molecule has 1 aromatic carbocycles. The lowest BCUT2D eigenvalue weighted by Gasteiger charge is -2.16. The molecule has 0 N–H and O–H groups in total. The number of thioether (sulfide) groups is 1. The highest BCUT2D eigenvalue weighted by molar-refractivity contribution is 8.23. The molecule has 0 saturated heterocycles. The van der Waals surface area contributed by atoms with Crippen molar-refractivity contribution in [2.75, 3.05) is 21.2 Å². The van der Waals surface area contributed by atoms with Gasteiger partial charge in [0.15, 0.2) is 6.29 Å². The Bertz CT molecular complexity index is 444. The molecule has 92 valence electrons. The van der Waals surface area contributed by atoms with E-state index >= 15 is 0 Å². The summed E-state index contributed by atoms with van der Waals surface area (Å²) in [6, 6.07) is 3.73. The van der Waals surface area contributed by atoms with E-state index in [1.54, 1.807) is 7.11 Å². The molecule has 17 heavy (non-hydrogen) atoms. The first kappa shape index (κ1) is 14.0. The van der Waals surface area contributed by atoms with Crippen molar-refractivity contribution in [3.05, 3.63) is 23.3 Å². The van der Waals surface area contributed by atoms with Crippen molar-refractivity contribution in [3.63, 3.8) is 0 Å². The van der Waals surface area contributed by atoms with E-state index in [1.807, 2.05) is 38.1 Å². The maximum Gasteiger partial charge on any atom is 0.151 e. The number of methoxy groups -OCH3 is 1. The monoisotopic (exact) mass is 269 g/mol. The third kappa shape index (κ3) is 3.44. The predicted molar refractivity (Wildman–Crippen MR) is 75.3 cm³/mol. The van der Waals surface area contributed by atoms with E-state index in [4.69, 9.17) is 17.0 Å². The molecule has 0 bridgehead atoms. The summed E-state index contributed by atoms with van der Waals surface area (Å²) in [6.07, 6.45) is 0.829. The summed E-state index contributed by atoms with van der Waals surface area (Å²) in [5.41, 5.74) is 1.60. The zero-order chi connectivity index (χ0) is 13.0. The summed E-state index contributed by atoms with van der Waals surface area (Å²) in [4.78, 5) is 13.7. The molecule has 0 amide bonds. The van der Waals surface area contributed by atoms with Gasteiger partial charge in [-0.2, -0.15) is 0 Å². The van der Waals surface area contributed by atoms with Crippen LogP contribution in [-0.2, 0) is 0 Å². The molecule has 0 aliphatic heterocycles. The summed E-state index contributed by atoms with van der Waals surface area (Å²) in [6.45, 7) is 1.92. The van der Waals surface area contributed by atoms with Crippen LogP contribution in [0.2, 0.25) is 0 Å². The smallest absolute Gasteiger partial charge is 0.151 e. The normalized spacial score (nSPS) is 9.88. The Morgan fingerprint density at radius 1 is 1.47 bits per heavy atom. The summed E-state index contributed by atoms with van der Waals surface area (Å²) in [5, 5.41) is 0. The number of ether oxygens (including phenoxy) is 1. The van der Waals surface area contributed by atoms with E-state index in [0.717, 1.165) is 16.7 Å². The van der Waals surface area contributed by atoms with Crippen LogP contribution >= 0.6 is 24.0 Å². The van der Waals surface area contributed by atoms with Gasteiger partial charge in [-0.05, 0) is 24.6 Å². The number of hydrogen-bond acceptors (Lipinski definition) is 4. The van der Waals surface area contributed by atoms with E-state index in [0.29, 0.717) is 15.6 Å². The molecule has 0 saturated carbocycles. The topological polar surface area (TPSA) is 29.5 Å². The first-order valence-corrected chi connectivity index (χ1v) is 6.25. The van der Waals surface area contributed by atoms with Gasteiger partial charge in [-0.3, -0.25) is 4.79 Å². The molecular formula is C12H15NO2S2. The molecule has 0 atom stereocenters. The van der Waals surface area contributed by atoms with Crippen LogP contribution in [0.1, 0.15) is 15.9 Å². The molecule has 0 unspecified atom stereocenters. The number of nitrogens with zero attached hydrogens (tertiary/aromatic N) is 1. The fraction of sp³-hybridized carbons (Fsp3) is 0.333. The number of benzene rings is 1. The number of carbonyl (C=O) groups is 1. The third-order valence-electron chi connectivity index (χ3n) is 2.13. The van der Waals surface area contributed by atoms with Crippen LogP contribution in [0, 0.1) is 6.92 Å². The molecule has 1 aromatic rings. The van der Waals surface area contributed by atoms with Crippen molar-refractivity contribution in [1.82, 2.24) is 4.90 Å². The summed E-state index contributed by atoms with van der Waals surface area (Å²) in [7, 11) is 5.33. The number of aldehydes is 1. The Balaban J connectivity index is 3.20. The van der Waals surface area contributed by atoms with Crippen LogP contribution in [0.15, 0.2) is 17.0 Å². The van der Waals surface area contributed by atoms with Gasteiger partial charge in [0.05, 0.1) is 12.0 Å². The molecule has 5 heteroatoms. The third-order valence-corrected chi connectivity index (χ3v) is 3.93. The molecule has 0 aliphatic rings. The Morgan fingerprint density at radius 2 is 2.12 bits per heavy atom. The van der Waals surface area contributed by atoms with E-state index in [-0.39, 0.29) is 0 Å². The van der Waals surface area contributed by atoms with Crippen molar-refractivity contribution < 1.29 is 9.53 Å². The molecule has 1 rings (SSSR count). The number of aryl methyl sites for hydroxylation is 1. The highest BCUT2D eigenvalue weighted by Gasteiger charge is 2.14. The predicted octanol–water partition coefficient (Wildman–Crippen LogP) is 2.75. The summed E-state index contributed by atoms with van der Waals surface area (Å²) >= 11 is 6.59. The number of rotatable bonds is 3. The van der Waals surface area contributed by atoms with E-state index in [2.05, 4.69) is 0 Å². The van der Waals surface area contributed by atoms with Gasteiger partial charge in [0.2, 0.25) is 0 Å². The fourth-order valence-electron chi connectivity index (χ4n) is 1.29.